The van der Waals surface area contributed by atoms with Crippen LogP contribution in [0.1, 0.15) is 38.3 Å². The maximum absolute atomic E-state index is 11.6. The molecule has 17 heavy (non-hydrogen) atoms. The minimum absolute atomic E-state index is 0.565. The van der Waals surface area contributed by atoms with Crippen LogP contribution in [-0.2, 0) is 18.3 Å². The van der Waals surface area contributed by atoms with Gasteiger partial charge in [0.2, 0.25) is 0 Å². The van der Waals surface area contributed by atoms with Gasteiger partial charge in [-0.1, -0.05) is 6.92 Å². The average molecular weight is 236 g/mol. The predicted molar refractivity (Wildman–Crippen MR) is 64.6 cm³/mol. The Labute approximate surface area is 102 Å². The zero-order valence-corrected chi connectivity index (χ0v) is 10.5. The van der Waals surface area contributed by atoms with Gasteiger partial charge in [-0.3, -0.25) is 9.48 Å². The molecule has 2 rings (SSSR count). The van der Waals surface area contributed by atoms with Crippen LogP contribution >= 0.6 is 0 Å². The molecular weight excluding hydrogens is 216 g/mol. The molecule has 1 heterocycles. The van der Waals surface area contributed by atoms with Crippen molar-refractivity contribution in [3.8, 4) is 0 Å². The summed E-state index contributed by atoms with van der Waals surface area (Å²) in [4.78, 5) is 11.6. The molecule has 94 valence electrons. The second-order valence-electron chi connectivity index (χ2n) is 5.43. The monoisotopic (exact) mass is 236 g/mol. The van der Waals surface area contributed by atoms with Crippen molar-refractivity contribution in [1.29, 1.82) is 0 Å². The maximum atomic E-state index is 11.6. The van der Waals surface area contributed by atoms with Gasteiger partial charge < -0.3 is 5.11 Å². The van der Waals surface area contributed by atoms with Gasteiger partial charge in [0.25, 0.3) is 0 Å². The molecule has 4 nitrogen and oxygen atoms in total. The molecule has 1 aromatic rings. The summed E-state index contributed by atoms with van der Waals surface area (Å²) >= 11 is 0. The number of carboxylic acids is 1. The molecule has 4 heteroatoms. The van der Waals surface area contributed by atoms with Crippen molar-refractivity contribution in [3.05, 3.63) is 18.0 Å². The summed E-state index contributed by atoms with van der Waals surface area (Å²) in [6.45, 7) is 2.20. The lowest BCUT2D eigenvalue weighted by Crippen LogP contribution is -2.37. The highest BCUT2D eigenvalue weighted by Gasteiger charge is 2.41. The first-order chi connectivity index (χ1) is 8.02. The van der Waals surface area contributed by atoms with E-state index in [1.807, 2.05) is 19.3 Å². The van der Waals surface area contributed by atoms with Gasteiger partial charge in [-0.05, 0) is 37.7 Å². The molecule has 0 amide bonds. The summed E-state index contributed by atoms with van der Waals surface area (Å²) in [6, 6.07) is 1.92. The van der Waals surface area contributed by atoms with E-state index in [0.717, 1.165) is 31.4 Å². The summed E-state index contributed by atoms with van der Waals surface area (Å²) in [7, 11) is 1.86. The van der Waals surface area contributed by atoms with Gasteiger partial charge in [0.05, 0.1) is 11.1 Å². The minimum Gasteiger partial charge on any atom is -0.481 e. The highest BCUT2D eigenvalue weighted by Crippen LogP contribution is 2.41. The Morgan fingerprint density at radius 3 is 2.71 bits per heavy atom. The number of nitrogens with zero attached hydrogens (tertiary/aromatic N) is 2. The Morgan fingerprint density at radius 1 is 1.59 bits per heavy atom. The van der Waals surface area contributed by atoms with E-state index in [1.165, 1.54) is 0 Å². The van der Waals surface area contributed by atoms with Gasteiger partial charge in [-0.25, -0.2) is 0 Å². The van der Waals surface area contributed by atoms with E-state index >= 15 is 0 Å². The third-order valence-corrected chi connectivity index (χ3v) is 3.97. The molecule has 0 saturated heterocycles. The largest absolute Gasteiger partial charge is 0.481 e. The first-order valence-electron chi connectivity index (χ1n) is 6.24. The molecule has 1 N–H and O–H groups in total. The van der Waals surface area contributed by atoms with E-state index < -0.39 is 11.4 Å². The van der Waals surface area contributed by atoms with Crippen LogP contribution < -0.4 is 0 Å². The molecule has 1 aliphatic rings. The van der Waals surface area contributed by atoms with E-state index in [9.17, 15) is 9.90 Å². The van der Waals surface area contributed by atoms with Crippen molar-refractivity contribution in [2.75, 3.05) is 0 Å². The van der Waals surface area contributed by atoms with Crippen molar-refractivity contribution < 1.29 is 9.90 Å². The smallest absolute Gasteiger partial charge is 0.310 e. The number of hydrogen-bond donors (Lipinski definition) is 1. The molecule has 1 saturated carbocycles. The van der Waals surface area contributed by atoms with Crippen LogP contribution in [0.15, 0.2) is 12.3 Å². The molecule has 0 aromatic carbocycles. The van der Waals surface area contributed by atoms with Crippen LogP contribution in [0.2, 0.25) is 0 Å². The van der Waals surface area contributed by atoms with Crippen LogP contribution in [0.3, 0.4) is 0 Å². The third kappa shape index (κ3) is 2.51. The van der Waals surface area contributed by atoms with Gasteiger partial charge in [-0.2, -0.15) is 5.10 Å². The summed E-state index contributed by atoms with van der Waals surface area (Å²) in [5, 5.41) is 13.8. The molecule has 0 atom stereocenters. The highest BCUT2D eigenvalue weighted by atomic mass is 16.4. The first-order valence-corrected chi connectivity index (χ1v) is 6.24. The molecule has 0 aliphatic heterocycles. The number of aryl methyl sites for hydroxylation is 1. The summed E-state index contributed by atoms with van der Waals surface area (Å²) in [5.74, 6) is 0.00117. The Bertz CT molecular complexity index is 403. The van der Waals surface area contributed by atoms with Crippen LogP contribution in [0.5, 0.6) is 0 Å². The molecular formula is C13H20N2O2. The zero-order chi connectivity index (χ0) is 12.5. The van der Waals surface area contributed by atoms with E-state index in [1.54, 1.807) is 4.68 Å². The molecule has 1 aliphatic carbocycles. The molecule has 1 fully saturated rings. The van der Waals surface area contributed by atoms with Crippen LogP contribution in [0.25, 0.3) is 0 Å². The number of aromatic nitrogens is 2. The quantitative estimate of drug-likeness (QED) is 0.875. The van der Waals surface area contributed by atoms with Crippen LogP contribution in [0.4, 0.5) is 0 Å². The average Bonchev–Trinajstić information content (AvgIpc) is 2.67. The van der Waals surface area contributed by atoms with Crippen molar-refractivity contribution in [2.45, 2.75) is 39.0 Å². The summed E-state index contributed by atoms with van der Waals surface area (Å²) < 4.78 is 1.73. The Balaban J connectivity index is 2.15. The zero-order valence-electron chi connectivity index (χ0n) is 10.5. The number of rotatable bonds is 3. The van der Waals surface area contributed by atoms with Gasteiger partial charge in [-0.15, -0.1) is 0 Å². The lowest BCUT2D eigenvalue weighted by atomic mass is 9.68. The number of aliphatic carboxylic acids is 1. The van der Waals surface area contributed by atoms with Crippen molar-refractivity contribution in [1.82, 2.24) is 9.78 Å². The Kier molecular flexibility index (Phi) is 3.22. The fourth-order valence-electron chi connectivity index (χ4n) is 2.69. The van der Waals surface area contributed by atoms with Gasteiger partial charge in [0.15, 0.2) is 0 Å². The topological polar surface area (TPSA) is 55.1 Å². The first kappa shape index (κ1) is 12.1. The number of hydrogen-bond acceptors (Lipinski definition) is 2. The van der Waals surface area contributed by atoms with Gasteiger partial charge >= 0.3 is 5.97 Å². The van der Waals surface area contributed by atoms with Crippen LogP contribution in [0, 0.1) is 11.3 Å². The third-order valence-electron chi connectivity index (χ3n) is 3.97. The van der Waals surface area contributed by atoms with Crippen molar-refractivity contribution in [3.63, 3.8) is 0 Å². The Hall–Kier alpha value is -1.32. The fraction of sp³-hybridized carbons (Fsp3) is 0.692. The maximum Gasteiger partial charge on any atom is 0.310 e. The number of carbonyl (C=O) groups is 1. The Morgan fingerprint density at radius 2 is 2.24 bits per heavy atom. The van der Waals surface area contributed by atoms with Gasteiger partial charge in [0, 0.05) is 19.7 Å². The fourth-order valence-corrected chi connectivity index (χ4v) is 2.69. The lowest BCUT2D eigenvalue weighted by molar-refractivity contribution is -0.151. The van der Waals surface area contributed by atoms with E-state index in [2.05, 4.69) is 12.0 Å². The predicted octanol–water partition coefficient (Wildman–Crippen LogP) is 2.24. The van der Waals surface area contributed by atoms with E-state index in [-0.39, 0.29) is 0 Å². The lowest BCUT2D eigenvalue weighted by Gasteiger charge is -2.35. The van der Waals surface area contributed by atoms with Crippen molar-refractivity contribution in [2.24, 2.45) is 18.4 Å². The molecule has 0 spiro atoms. The minimum atomic E-state index is -0.657. The van der Waals surface area contributed by atoms with E-state index in [0.29, 0.717) is 12.3 Å². The van der Waals surface area contributed by atoms with E-state index in [4.69, 9.17) is 0 Å². The second kappa shape index (κ2) is 4.51. The molecule has 0 bridgehead atoms. The molecule has 1 aromatic heterocycles. The number of carboxylic acid groups (broad SMARTS) is 1. The molecule has 0 radical (unpaired) electrons. The van der Waals surface area contributed by atoms with Crippen molar-refractivity contribution >= 4 is 5.97 Å². The summed E-state index contributed by atoms with van der Waals surface area (Å²) in [5.41, 5.74) is 0.311. The second-order valence-corrected chi connectivity index (χ2v) is 5.43. The highest BCUT2D eigenvalue weighted by molar-refractivity contribution is 5.75. The standard InChI is InChI=1S/C13H20N2O2/c1-10-3-6-13(7-4-10,12(16)17)9-11-5-8-15(2)14-11/h5,8,10H,3-4,6-7,9H2,1-2H3,(H,16,17). The van der Waals surface area contributed by atoms with Crippen LogP contribution in [-0.4, -0.2) is 20.9 Å². The van der Waals surface area contributed by atoms with Gasteiger partial charge in [0.1, 0.15) is 0 Å². The normalized spacial score (nSPS) is 29.2. The summed E-state index contributed by atoms with van der Waals surface area (Å²) in [6.07, 6.45) is 6.02. The SMILES string of the molecule is CC1CCC(Cc2ccn(C)n2)(C(=O)O)CC1. The molecule has 0 unspecified atom stereocenters.